The van der Waals surface area contributed by atoms with Crippen LogP contribution in [-0.4, -0.2) is 69.2 Å². The number of carbonyl (C=O) groups is 1. The van der Waals surface area contributed by atoms with Crippen molar-refractivity contribution in [1.29, 1.82) is 0 Å². The normalized spacial score (nSPS) is 22.5. The van der Waals surface area contributed by atoms with Crippen molar-refractivity contribution in [1.82, 2.24) is 30.3 Å². The summed E-state index contributed by atoms with van der Waals surface area (Å²) in [5.74, 6) is -0.136. The summed E-state index contributed by atoms with van der Waals surface area (Å²) < 4.78 is 7.02. The van der Waals surface area contributed by atoms with Gasteiger partial charge in [-0.3, -0.25) is 9.69 Å². The Labute approximate surface area is 128 Å². The van der Waals surface area contributed by atoms with E-state index in [2.05, 4.69) is 39.6 Å². The number of carbonyl (C=O) groups excluding carboxylic acids is 1. The molecular formula is C14H20N6O2. The number of likely N-dealkylation sites (tertiary alicyclic amines) is 1. The highest BCUT2D eigenvalue weighted by Gasteiger charge is 2.35. The van der Waals surface area contributed by atoms with Crippen LogP contribution in [0.3, 0.4) is 0 Å². The minimum Gasteiger partial charge on any atom is -0.378 e. The van der Waals surface area contributed by atoms with Gasteiger partial charge >= 0.3 is 0 Å². The first kappa shape index (κ1) is 14.9. The fraction of sp³-hybridized carbons (Fsp3) is 0.571. The maximum Gasteiger partial charge on any atom is 0.251 e. The smallest absolute Gasteiger partial charge is 0.251 e. The Bertz CT molecular complexity index is 670. The van der Waals surface area contributed by atoms with Crippen molar-refractivity contribution in [3.8, 4) is 0 Å². The number of pyridine rings is 1. The number of hydrogen-bond donors (Lipinski definition) is 1. The highest BCUT2D eigenvalue weighted by Crippen LogP contribution is 2.16. The Morgan fingerprint density at radius 3 is 3.00 bits per heavy atom. The zero-order valence-corrected chi connectivity index (χ0v) is 12.9. The highest BCUT2D eigenvalue weighted by atomic mass is 16.5. The van der Waals surface area contributed by atoms with Gasteiger partial charge in [0.25, 0.3) is 5.91 Å². The average molecular weight is 304 g/mol. The van der Waals surface area contributed by atoms with Gasteiger partial charge < -0.3 is 10.1 Å². The summed E-state index contributed by atoms with van der Waals surface area (Å²) in [6.45, 7) is 5.90. The molecule has 0 spiro atoms. The van der Waals surface area contributed by atoms with Crippen LogP contribution in [0.4, 0.5) is 0 Å². The van der Waals surface area contributed by atoms with E-state index < -0.39 is 0 Å². The third-order valence-corrected chi connectivity index (χ3v) is 4.10. The van der Waals surface area contributed by atoms with Crippen molar-refractivity contribution in [3.05, 3.63) is 23.9 Å². The number of methoxy groups -OCH3 is 1. The number of aromatic nitrogens is 4. The van der Waals surface area contributed by atoms with Gasteiger partial charge in [-0.1, -0.05) is 0 Å². The zero-order valence-electron chi connectivity index (χ0n) is 12.9. The second kappa shape index (κ2) is 5.98. The van der Waals surface area contributed by atoms with Gasteiger partial charge in [-0.15, -0.1) is 5.10 Å². The van der Waals surface area contributed by atoms with Crippen molar-refractivity contribution < 1.29 is 9.53 Å². The van der Waals surface area contributed by atoms with Crippen molar-refractivity contribution >= 4 is 11.6 Å². The number of tetrazole rings is 1. The molecule has 1 fully saturated rings. The summed E-state index contributed by atoms with van der Waals surface area (Å²) in [4.78, 5) is 14.7. The lowest BCUT2D eigenvalue weighted by Gasteiger charge is -2.20. The summed E-state index contributed by atoms with van der Waals surface area (Å²) in [5.41, 5.74) is 1.09. The number of amides is 1. The molecule has 0 radical (unpaired) electrons. The molecule has 0 aliphatic carbocycles. The monoisotopic (exact) mass is 304 g/mol. The van der Waals surface area contributed by atoms with Crippen molar-refractivity contribution in [2.24, 2.45) is 0 Å². The fourth-order valence-electron chi connectivity index (χ4n) is 2.73. The molecule has 8 heteroatoms. The molecule has 118 valence electrons. The van der Waals surface area contributed by atoms with Crippen LogP contribution in [-0.2, 0) is 4.74 Å². The third kappa shape index (κ3) is 2.79. The SMILES string of the molecule is CO[C@@H]1CN(C(C)C)C[C@H]1NC(=O)c1ccn2nnnc2c1. The molecule has 0 aromatic carbocycles. The summed E-state index contributed by atoms with van der Waals surface area (Å²) in [7, 11) is 1.68. The van der Waals surface area contributed by atoms with E-state index in [4.69, 9.17) is 4.74 Å². The van der Waals surface area contributed by atoms with Gasteiger partial charge in [-0.25, -0.2) is 4.52 Å². The quantitative estimate of drug-likeness (QED) is 0.853. The molecule has 2 atom stereocenters. The van der Waals surface area contributed by atoms with Gasteiger partial charge in [0, 0.05) is 38.0 Å². The van der Waals surface area contributed by atoms with E-state index >= 15 is 0 Å². The zero-order chi connectivity index (χ0) is 15.7. The predicted octanol–water partition coefficient (Wildman–Crippen LogP) is -0.0383. The minimum atomic E-state index is -0.136. The van der Waals surface area contributed by atoms with E-state index in [0.29, 0.717) is 17.3 Å². The van der Waals surface area contributed by atoms with E-state index in [-0.39, 0.29) is 18.1 Å². The number of hydrogen-bond acceptors (Lipinski definition) is 6. The third-order valence-electron chi connectivity index (χ3n) is 4.10. The molecule has 1 N–H and O–H groups in total. The summed E-state index contributed by atoms with van der Waals surface area (Å²) >= 11 is 0. The van der Waals surface area contributed by atoms with Crippen molar-refractivity contribution in [2.45, 2.75) is 32.0 Å². The van der Waals surface area contributed by atoms with Gasteiger partial charge in [-0.05, 0) is 36.4 Å². The van der Waals surface area contributed by atoms with Crippen LogP contribution >= 0.6 is 0 Å². The highest BCUT2D eigenvalue weighted by molar-refractivity contribution is 5.95. The summed E-state index contributed by atoms with van der Waals surface area (Å²) in [6, 6.07) is 3.78. The lowest BCUT2D eigenvalue weighted by Crippen LogP contribution is -2.43. The molecule has 0 bridgehead atoms. The van der Waals surface area contributed by atoms with E-state index in [1.807, 2.05) is 0 Å². The Hall–Kier alpha value is -2.06. The molecule has 3 rings (SSSR count). The summed E-state index contributed by atoms with van der Waals surface area (Å²) in [6.07, 6.45) is 1.68. The van der Waals surface area contributed by atoms with Gasteiger partial charge in [0.2, 0.25) is 0 Å². The first-order chi connectivity index (χ1) is 10.6. The first-order valence-corrected chi connectivity index (χ1v) is 7.34. The molecule has 22 heavy (non-hydrogen) atoms. The van der Waals surface area contributed by atoms with Crippen molar-refractivity contribution in [2.75, 3.05) is 20.2 Å². The standard InChI is InChI=1S/C14H20N6O2/c1-9(2)19-7-11(12(8-19)22-3)15-14(21)10-4-5-20-13(6-10)16-17-18-20/h4-6,9,11-12H,7-8H2,1-3H3,(H,15,21)/t11-,12-/m1/s1. The Morgan fingerprint density at radius 1 is 1.45 bits per heavy atom. The van der Waals surface area contributed by atoms with Gasteiger partial charge in [0.15, 0.2) is 5.65 Å². The molecule has 1 amide bonds. The molecule has 2 aromatic rings. The number of nitrogens with one attached hydrogen (secondary N) is 1. The van der Waals surface area contributed by atoms with Crippen LogP contribution in [0.5, 0.6) is 0 Å². The molecule has 8 nitrogen and oxygen atoms in total. The predicted molar refractivity (Wildman–Crippen MR) is 79.5 cm³/mol. The topological polar surface area (TPSA) is 84.7 Å². The maximum absolute atomic E-state index is 12.4. The van der Waals surface area contributed by atoms with E-state index in [1.165, 1.54) is 4.52 Å². The van der Waals surface area contributed by atoms with Crippen LogP contribution in [0.15, 0.2) is 18.3 Å². The molecule has 0 unspecified atom stereocenters. The molecule has 3 heterocycles. The van der Waals surface area contributed by atoms with Gasteiger partial charge in [-0.2, -0.15) is 0 Å². The lowest BCUT2D eigenvalue weighted by molar-refractivity contribution is 0.0753. The Kier molecular flexibility index (Phi) is 4.04. The molecule has 1 aliphatic rings. The fourth-order valence-corrected chi connectivity index (χ4v) is 2.73. The van der Waals surface area contributed by atoms with Crippen LogP contribution in [0.2, 0.25) is 0 Å². The van der Waals surface area contributed by atoms with Gasteiger partial charge in [0.1, 0.15) is 0 Å². The van der Waals surface area contributed by atoms with Crippen LogP contribution in [0, 0.1) is 0 Å². The molecule has 1 saturated heterocycles. The van der Waals surface area contributed by atoms with Crippen LogP contribution in [0.25, 0.3) is 5.65 Å². The largest absolute Gasteiger partial charge is 0.378 e. The molecule has 2 aromatic heterocycles. The average Bonchev–Trinajstić information content (AvgIpc) is 3.12. The number of ether oxygens (including phenoxy) is 1. The second-order valence-corrected chi connectivity index (χ2v) is 5.80. The van der Waals surface area contributed by atoms with E-state index in [9.17, 15) is 4.79 Å². The second-order valence-electron chi connectivity index (χ2n) is 5.80. The lowest BCUT2D eigenvalue weighted by atomic mass is 10.2. The maximum atomic E-state index is 12.4. The Balaban J connectivity index is 1.72. The molecule has 1 aliphatic heterocycles. The molecular weight excluding hydrogens is 284 g/mol. The van der Waals surface area contributed by atoms with E-state index in [1.54, 1.807) is 25.4 Å². The van der Waals surface area contributed by atoms with Crippen LogP contribution in [0.1, 0.15) is 24.2 Å². The first-order valence-electron chi connectivity index (χ1n) is 7.34. The number of fused-ring (bicyclic) bond motifs is 1. The van der Waals surface area contributed by atoms with Gasteiger partial charge in [0.05, 0.1) is 12.1 Å². The van der Waals surface area contributed by atoms with Crippen molar-refractivity contribution in [3.63, 3.8) is 0 Å². The molecule has 0 saturated carbocycles. The van der Waals surface area contributed by atoms with Crippen LogP contribution < -0.4 is 5.32 Å². The summed E-state index contributed by atoms with van der Waals surface area (Å²) in [5, 5.41) is 14.2. The number of rotatable bonds is 4. The number of nitrogens with zero attached hydrogens (tertiary/aromatic N) is 5. The Morgan fingerprint density at radius 2 is 2.27 bits per heavy atom. The minimum absolute atomic E-state index is 0.00448. The van der Waals surface area contributed by atoms with E-state index in [0.717, 1.165) is 13.1 Å².